The predicted octanol–water partition coefficient (Wildman–Crippen LogP) is 5.05. The summed E-state index contributed by atoms with van der Waals surface area (Å²) in [4.78, 5) is 27.2. The molecular weight excluding hydrogens is 435 g/mol. The fraction of sp³-hybridized carbons (Fsp3) is 0.273. The number of hydrogen-bond donors (Lipinski definition) is 1. The van der Waals surface area contributed by atoms with Crippen LogP contribution in [0.15, 0.2) is 58.9 Å². The van der Waals surface area contributed by atoms with Gasteiger partial charge in [0.25, 0.3) is 0 Å². The Morgan fingerprint density at radius 2 is 1.87 bits per heavy atom. The highest BCUT2D eigenvalue weighted by Crippen LogP contribution is 2.41. The summed E-state index contributed by atoms with van der Waals surface area (Å²) in [6, 6.07) is 15.2. The summed E-state index contributed by atoms with van der Waals surface area (Å²) in [6.45, 7) is 1.83. The van der Waals surface area contributed by atoms with Gasteiger partial charge < -0.3 is 5.32 Å². The van der Waals surface area contributed by atoms with Crippen LogP contribution in [0.2, 0.25) is 0 Å². The van der Waals surface area contributed by atoms with Gasteiger partial charge in [-0.1, -0.05) is 60.4 Å². The molecule has 2 amide bonds. The van der Waals surface area contributed by atoms with E-state index in [0.29, 0.717) is 21.6 Å². The van der Waals surface area contributed by atoms with Crippen LogP contribution in [0.25, 0.3) is 0 Å². The molecule has 1 aliphatic rings. The largest absolute Gasteiger partial charge is 0.325 e. The van der Waals surface area contributed by atoms with Gasteiger partial charge in [0.2, 0.25) is 16.9 Å². The molecule has 1 saturated carbocycles. The molecule has 1 atom stereocenters. The van der Waals surface area contributed by atoms with E-state index < -0.39 is 5.25 Å². The molecule has 160 valence electrons. The van der Waals surface area contributed by atoms with Crippen molar-refractivity contribution in [3.8, 4) is 0 Å². The molecule has 4 rings (SSSR count). The topological polar surface area (TPSA) is 75.2 Å². The maximum atomic E-state index is 13.2. The van der Waals surface area contributed by atoms with Crippen molar-refractivity contribution < 1.29 is 14.0 Å². The summed E-state index contributed by atoms with van der Waals surface area (Å²) < 4.78 is 13.8. The average molecular weight is 457 g/mol. The van der Waals surface area contributed by atoms with Crippen LogP contribution < -0.4 is 10.2 Å². The molecule has 0 saturated heterocycles. The van der Waals surface area contributed by atoms with Crippen molar-refractivity contribution in [2.45, 2.75) is 41.8 Å². The number of benzene rings is 2. The zero-order valence-corrected chi connectivity index (χ0v) is 18.5. The monoisotopic (exact) mass is 456 g/mol. The number of hydrogen-bond acceptors (Lipinski definition) is 6. The Morgan fingerprint density at radius 3 is 2.52 bits per heavy atom. The van der Waals surface area contributed by atoms with Gasteiger partial charge in [-0.2, -0.15) is 0 Å². The average Bonchev–Trinajstić information content (AvgIpc) is 3.51. The normalized spacial score (nSPS) is 14.1. The first kappa shape index (κ1) is 21.5. The van der Waals surface area contributed by atoms with Crippen LogP contribution in [0.5, 0.6) is 0 Å². The minimum atomic E-state index is -0.580. The number of nitrogens with one attached hydrogen (secondary N) is 1. The van der Waals surface area contributed by atoms with Crippen LogP contribution >= 0.6 is 23.1 Å². The zero-order chi connectivity index (χ0) is 21.8. The van der Waals surface area contributed by atoms with Gasteiger partial charge in [-0.15, -0.1) is 10.2 Å². The van der Waals surface area contributed by atoms with E-state index in [1.807, 2.05) is 37.3 Å². The van der Waals surface area contributed by atoms with Gasteiger partial charge in [-0.3, -0.25) is 14.5 Å². The van der Waals surface area contributed by atoms with Gasteiger partial charge in [0.15, 0.2) is 4.34 Å². The Balaban J connectivity index is 1.55. The molecule has 1 heterocycles. The van der Waals surface area contributed by atoms with Gasteiger partial charge in [0.05, 0.1) is 0 Å². The standard InChI is InChI=1S/C22H21FN4O2S2/c1-2-18(28)27(17-12-13-17)21-25-26-22(31-21)30-19(14-6-4-3-5-7-14)20(29)24-16-10-8-15(23)9-11-16/h3-11,17,19H,2,12-13H2,1H3,(H,24,29)/t19-/m0/s1. The second-order valence-electron chi connectivity index (χ2n) is 7.10. The van der Waals surface area contributed by atoms with Crippen LogP contribution in [0.1, 0.15) is 37.0 Å². The van der Waals surface area contributed by atoms with Crippen LogP contribution in [0.4, 0.5) is 15.2 Å². The summed E-state index contributed by atoms with van der Waals surface area (Å²) in [7, 11) is 0. The van der Waals surface area contributed by atoms with E-state index in [9.17, 15) is 14.0 Å². The van der Waals surface area contributed by atoms with Gasteiger partial charge in [0.1, 0.15) is 11.1 Å². The van der Waals surface area contributed by atoms with E-state index >= 15 is 0 Å². The van der Waals surface area contributed by atoms with Gasteiger partial charge in [-0.05, 0) is 42.7 Å². The number of nitrogens with zero attached hydrogens (tertiary/aromatic N) is 3. The molecule has 0 spiro atoms. The predicted molar refractivity (Wildman–Crippen MR) is 121 cm³/mol. The Hall–Kier alpha value is -2.78. The van der Waals surface area contributed by atoms with Crippen molar-refractivity contribution in [1.82, 2.24) is 10.2 Å². The maximum Gasteiger partial charge on any atom is 0.242 e. The van der Waals surface area contributed by atoms with Gasteiger partial charge in [-0.25, -0.2) is 4.39 Å². The number of anilines is 2. The van der Waals surface area contributed by atoms with Crippen LogP contribution in [-0.4, -0.2) is 28.1 Å². The number of carbonyl (C=O) groups is 2. The Morgan fingerprint density at radius 1 is 1.16 bits per heavy atom. The quantitative estimate of drug-likeness (QED) is 0.379. The minimum Gasteiger partial charge on any atom is -0.325 e. The lowest BCUT2D eigenvalue weighted by molar-refractivity contribution is -0.118. The van der Waals surface area contributed by atoms with Crippen molar-refractivity contribution in [1.29, 1.82) is 0 Å². The van der Waals surface area contributed by atoms with Crippen LogP contribution in [-0.2, 0) is 9.59 Å². The van der Waals surface area contributed by atoms with Gasteiger partial charge >= 0.3 is 0 Å². The Labute approximate surface area is 187 Å². The molecule has 1 N–H and O–H groups in total. The maximum absolute atomic E-state index is 13.2. The van der Waals surface area contributed by atoms with E-state index in [1.165, 1.54) is 47.4 Å². The smallest absolute Gasteiger partial charge is 0.242 e. The second kappa shape index (κ2) is 9.57. The SMILES string of the molecule is CCC(=O)N(c1nnc(S[C@H](C(=O)Nc2ccc(F)cc2)c2ccccc2)s1)C1CC1. The number of aromatic nitrogens is 2. The van der Waals surface area contributed by atoms with Crippen molar-refractivity contribution in [3.05, 3.63) is 66.0 Å². The van der Waals surface area contributed by atoms with E-state index in [-0.39, 0.29) is 23.7 Å². The molecule has 0 unspecified atom stereocenters. The molecule has 1 fully saturated rings. The first-order valence-electron chi connectivity index (χ1n) is 9.98. The summed E-state index contributed by atoms with van der Waals surface area (Å²) in [5.41, 5.74) is 1.33. The second-order valence-corrected chi connectivity index (χ2v) is 9.41. The highest BCUT2D eigenvalue weighted by molar-refractivity contribution is 8.02. The summed E-state index contributed by atoms with van der Waals surface area (Å²) >= 11 is 2.60. The van der Waals surface area contributed by atoms with E-state index in [0.717, 1.165) is 18.4 Å². The third-order valence-electron chi connectivity index (χ3n) is 4.76. The number of halogens is 1. The molecule has 3 aromatic rings. The number of rotatable bonds is 8. The molecule has 0 bridgehead atoms. The number of carbonyl (C=O) groups excluding carboxylic acids is 2. The highest BCUT2D eigenvalue weighted by Gasteiger charge is 2.35. The van der Waals surface area contributed by atoms with Crippen molar-refractivity contribution in [2.75, 3.05) is 10.2 Å². The van der Waals surface area contributed by atoms with Crippen molar-refractivity contribution >= 4 is 45.7 Å². The fourth-order valence-corrected chi connectivity index (χ4v) is 5.18. The lowest BCUT2D eigenvalue weighted by Crippen LogP contribution is -2.32. The first-order valence-corrected chi connectivity index (χ1v) is 11.7. The molecule has 0 radical (unpaired) electrons. The summed E-state index contributed by atoms with van der Waals surface area (Å²) in [5.74, 6) is -0.581. The Kier molecular flexibility index (Phi) is 6.62. The van der Waals surface area contributed by atoms with E-state index in [4.69, 9.17) is 0 Å². The summed E-state index contributed by atoms with van der Waals surface area (Å²) in [5, 5.41) is 11.3. The summed E-state index contributed by atoms with van der Waals surface area (Å²) in [6.07, 6.45) is 2.35. The molecule has 9 heteroatoms. The highest BCUT2D eigenvalue weighted by atomic mass is 32.2. The number of amides is 2. The van der Waals surface area contributed by atoms with Crippen LogP contribution in [0.3, 0.4) is 0 Å². The molecule has 2 aromatic carbocycles. The van der Waals surface area contributed by atoms with Crippen molar-refractivity contribution in [3.63, 3.8) is 0 Å². The van der Waals surface area contributed by atoms with Crippen LogP contribution in [0, 0.1) is 5.82 Å². The molecule has 0 aliphatic heterocycles. The number of thioether (sulfide) groups is 1. The molecular formula is C22H21FN4O2S2. The third-order valence-corrected chi connectivity index (χ3v) is 7.02. The van der Waals surface area contributed by atoms with Crippen molar-refractivity contribution in [2.24, 2.45) is 0 Å². The lowest BCUT2D eigenvalue weighted by atomic mass is 10.1. The minimum absolute atomic E-state index is 0.0314. The van der Waals surface area contributed by atoms with E-state index in [2.05, 4.69) is 15.5 Å². The third kappa shape index (κ3) is 5.29. The fourth-order valence-electron chi connectivity index (χ4n) is 3.06. The Bertz CT molecular complexity index is 1050. The lowest BCUT2D eigenvalue weighted by Gasteiger charge is -2.17. The first-order chi connectivity index (χ1) is 15.0. The van der Waals surface area contributed by atoms with E-state index in [1.54, 1.807) is 4.90 Å². The molecule has 31 heavy (non-hydrogen) atoms. The molecule has 1 aliphatic carbocycles. The van der Waals surface area contributed by atoms with Gasteiger partial charge in [0, 0.05) is 18.2 Å². The molecule has 6 nitrogen and oxygen atoms in total. The zero-order valence-electron chi connectivity index (χ0n) is 16.8. The molecule has 1 aromatic heterocycles.